The van der Waals surface area contributed by atoms with E-state index in [4.69, 9.17) is 34.8 Å². The number of hydrazine groups is 1. The molecule has 0 aromatic carbocycles. The van der Waals surface area contributed by atoms with Crippen LogP contribution < -0.4 is 10.9 Å². The summed E-state index contributed by atoms with van der Waals surface area (Å²) in [5.41, 5.74) is 4.09. The largest absolute Gasteiger partial charge is 0.290 e. The minimum absolute atomic E-state index is 0.444. The third kappa shape index (κ3) is 3.87. The van der Waals surface area contributed by atoms with Gasteiger partial charge in [-0.2, -0.15) is 0 Å². The van der Waals surface area contributed by atoms with Crippen molar-refractivity contribution < 1.29 is 9.59 Å². The van der Waals surface area contributed by atoms with Gasteiger partial charge in [-0.1, -0.05) is 40.9 Å². The van der Waals surface area contributed by atoms with Gasteiger partial charge >= 0.3 is 0 Å². The van der Waals surface area contributed by atoms with Crippen molar-refractivity contribution in [1.29, 1.82) is 0 Å². The van der Waals surface area contributed by atoms with E-state index < -0.39 is 15.6 Å². The molecule has 0 fully saturated rings. The van der Waals surface area contributed by atoms with E-state index in [1.807, 2.05) is 5.43 Å². The van der Waals surface area contributed by atoms with E-state index >= 15 is 0 Å². The van der Waals surface area contributed by atoms with Crippen LogP contribution in [-0.2, 0) is 4.79 Å². The van der Waals surface area contributed by atoms with Crippen molar-refractivity contribution in [2.45, 2.75) is 3.79 Å². The highest BCUT2D eigenvalue weighted by Gasteiger charge is 2.30. The minimum Gasteiger partial charge on any atom is -0.268 e. The van der Waals surface area contributed by atoms with Crippen molar-refractivity contribution in [2.75, 3.05) is 0 Å². The lowest BCUT2D eigenvalue weighted by Crippen LogP contribution is -2.46. The highest BCUT2D eigenvalue weighted by atomic mass is 35.6. The number of alkyl halides is 3. The van der Waals surface area contributed by atoms with Gasteiger partial charge in [-0.05, 0) is 11.4 Å². The van der Waals surface area contributed by atoms with Gasteiger partial charge in [0, 0.05) is 0 Å². The molecule has 0 aliphatic heterocycles. The number of hydrogen-bond acceptors (Lipinski definition) is 3. The number of halogens is 3. The third-order valence-electron chi connectivity index (χ3n) is 1.29. The summed E-state index contributed by atoms with van der Waals surface area (Å²) in [7, 11) is 0. The Bertz CT molecular complexity index is 361. The first-order valence-corrected chi connectivity index (χ1v) is 5.63. The Morgan fingerprint density at radius 2 is 1.93 bits per heavy atom. The number of carbonyl (C=O) groups is 2. The van der Waals surface area contributed by atoms with Gasteiger partial charge in [0.1, 0.15) is 0 Å². The van der Waals surface area contributed by atoms with Crippen LogP contribution in [0.4, 0.5) is 0 Å². The van der Waals surface area contributed by atoms with E-state index in [0.717, 1.165) is 0 Å². The van der Waals surface area contributed by atoms with E-state index in [-0.39, 0.29) is 0 Å². The molecular formula is C7H5Cl3N2O2S. The molecule has 0 spiro atoms. The second-order valence-electron chi connectivity index (χ2n) is 2.38. The Morgan fingerprint density at radius 3 is 2.40 bits per heavy atom. The topological polar surface area (TPSA) is 58.2 Å². The molecule has 82 valence electrons. The molecule has 2 amide bonds. The zero-order valence-electron chi connectivity index (χ0n) is 7.09. The Hall–Kier alpha value is -0.490. The summed E-state index contributed by atoms with van der Waals surface area (Å²) in [6.45, 7) is 0. The van der Waals surface area contributed by atoms with Crippen LogP contribution in [0.15, 0.2) is 17.5 Å². The van der Waals surface area contributed by atoms with Crippen LogP contribution in [0.5, 0.6) is 0 Å². The maximum Gasteiger partial charge on any atom is 0.290 e. The second kappa shape index (κ2) is 5.03. The first kappa shape index (κ1) is 12.6. The van der Waals surface area contributed by atoms with Gasteiger partial charge in [0.05, 0.1) is 4.88 Å². The molecule has 0 unspecified atom stereocenters. The monoisotopic (exact) mass is 286 g/mol. The number of hydrogen-bond donors (Lipinski definition) is 2. The maximum absolute atomic E-state index is 11.3. The molecule has 0 atom stereocenters. The van der Waals surface area contributed by atoms with Crippen molar-refractivity contribution in [1.82, 2.24) is 10.9 Å². The summed E-state index contributed by atoms with van der Waals surface area (Å²) in [4.78, 5) is 22.8. The number of nitrogens with one attached hydrogen (secondary N) is 2. The average molecular weight is 288 g/mol. The molecule has 1 aromatic heterocycles. The summed E-state index contributed by atoms with van der Waals surface area (Å²) >= 11 is 17.0. The molecule has 8 heteroatoms. The fraction of sp³-hybridized carbons (Fsp3) is 0.143. The van der Waals surface area contributed by atoms with Crippen LogP contribution in [0.2, 0.25) is 0 Å². The van der Waals surface area contributed by atoms with Crippen molar-refractivity contribution >= 4 is 58.0 Å². The van der Waals surface area contributed by atoms with E-state index in [0.29, 0.717) is 4.88 Å². The van der Waals surface area contributed by atoms with Crippen molar-refractivity contribution in [3.05, 3.63) is 22.4 Å². The average Bonchev–Trinajstić information content (AvgIpc) is 2.64. The summed E-state index contributed by atoms with van der Waals surface area (Å²) < 4.78 is -2.09. The van der Waals surface area contributed by atoms with Crippen LogP contribution in [0.1, 0.15) is 9.67 Å². The lowest BCUT2D eigenvalue weighted by Gasteiger charge is -2.11. The molecule has 0 aliphatic rings. The normalized spacial score (nSPS) is 10.9. The molecule has 2 N–H and O–H groups in total. The molecule has 0 saturated heterocycles. The smallest absolute Gasteiger partial charge is 0.268 e. The molecule has 15 heavy (non-hydrogen) atoms. The lowest BCUT2D eigenvalue weighted by atomic mass is 10.4. The molecular weight excluding hydrogens is 283 g/mol. The predicted octanol–water partition coefficient (Wildman–Crippen LogP) is 1.88. The molecule has 0 saturated carbocycles. The number of carbonyl (C=O) groups excluding carboxylic acids is 2. The van der Waals surface area contributed by atoms with Crippen LogP contribution in [-0.4, -0.2) is 15.6 Å². The van der Waals surface area contributed by atoms with Crippen molar-refractivity contribution in [2.24, 2.45) is 0 Å². The van der Waals surface area contributed by atoms with Gasteiger partial charge in [0.25, 0.3) is 15.6 Å². The third-order valence-corrected chi connectivity index (χ3v) is 2.68. The van der Waals surface area contributed by atoms with Crippen molar-refractivity contribution in [3.63, 3.8) is 0 Å². The fourth-order valence-electron chi connectivity index (χ4n) is 0.654. The van der Waals surface area contributed by atoms with Gasteiger partial charge in [-0.3, -0.25) is 20.4 Å². The highest BCUT2D eigenvalue weighted by molar-refractivity contribution is 7.12. The van der Waals surface area contributed by atoms with E-state index in [2.05, 4.69) is 5.43 Å². The molecule has 4 nitrogen and oxygen atoms in total. The number of rotatable bonds is 1. The lowest BCUT2D eigenvalue weighted by molar-refractivity contribution is -0.120. The second-order valence-corrected chi connectivity index (χ2v) is 5.61. The van der Waals surface area contributed by atoms with Gasteiger partial charge in [0.2, 0.25) is 0 Å². The standard InChI is InChI=1S/C7H5Cl3N2O2S/c8-7(9,10)6(14)12-11-5(13)4-2-1-3-15-4/h1-3H,(H,11,13)(H,12,14). The minimum atomic E-state index is -2.09. The first-order chi connectivity index (χ1) is 6.91. The van der Waals surface area contributed by atoms with Crippen LogP contribution in [0.25, 0.3) is 0 Å². The molecule has 1 aromatic rings. The quantitative estimate of drug-likeness (QED) is 0.612. The molecule has 1 heterocycles. The summed E-state index contributed by atoms with van der Waals surface area (Å²) in [5, 5.41) is 1.73. The fourth-order valence-corrected chi connectivity index (χ4v) is 1.41. The summed E-state index contributed by atoms with van der Waals surface area (Å²) in [6.07, 6.45) is 0. The van der Waals surface area contributed by atoms with Crippen LogP contribution >= 0.6 is 46.1 Å². The number of amides is 2. The van der Waals surface area contributed by atoms with Gasteiger partial charge in [-0.25, -0.2) is 0 Å². The Balaban J connectivity index is 2.45. The molecule has 0 bridgehead atoms. The van der Waals surface area contributed by atoms with Crippen LogP contribution in [0, 0.1) is 0 Å². The predicted molar refractivity (Wildman–Crippen MR) is 60.2 cm³/mol. The van der Waals surface area contributed by atoms with Gasteiger partial charge in [-0.15, -0.1) is 11.3 Å². The first-order valence-electron chi connectivity index (χ1n) is 3.62. The SMILES string of the molecule is O=C(NNC(=O)C(Cl)(Cl)Cl)c1cccs1. The maximum atomic E-state index is 11.3. The number of thiophene rings is 1. The van der Waals surface area contributed by atoms with Gasteiger partial charge in [0.15, 0.2) is 0 Å². The summed E-state index contributed by atoms with van der Waals surface area (Å²) in [6, 6.07) is 3.30. The molecule has 0 radical (unpaired) electrons. The molecule has 0 aliphatic carbocycles. The van der Waals surface area contributed by atoms with E-state index in [1.54, 1.807) is 17.5 Å². The Labute approximate surface area is 104 Å². The van der Waals surface area contributed by atoms with E-state index in [1.165, 1.54) is 11.3 Å². The highest BCUT2D eigenvalue weighted by Crippen LogP contribution is 2.25. The van der Waals surface area contributed by atoms with E-state index in [9.17, 15) is 9.59 Å². The zero-order chi connectivity index (χ0) is 11.5. The van der Waals surface area contributed by atoms with Crippen molar-refractivity contribution in [3.8, 4) is 0 Å². The Kier molecular flexibility index (Phi) is 4.21. The zero-order valence-corrected chi connectivity index (χ0v) is 10.2. The molecule has 1 rings (SSSR count). The van der Waals surface area contributed by atoms with Gasteiger partial charge < -0.3 is 0 Å². The summed E-state index contributed by atoms with van der Waals surface area (Å²) in [5.74, 6) is -1.38. The van der Waals surface area contributed by atoms with Crippen LogP contribution in [0.3, 0.4) is 0 Å². The Morgan fingerprint density at radius 1 is 1.27 bits per heavy atom.